The molecule has 2 aromatic heterocycles. The molecule has 0 spiro atoms. The first-order valence-corrected chi connectivity index (χ1v) is 5.66. The van der Waals surface area contributed by atoms with Crippen molar-refractivity contribution < 1.29 is 0 Å². The Bertz CT molecular complexity index is 626. The van der Waals surface area contributed by atoms with Gasteiger partial charge in [-0.25, -0.2) is 15.0 Å². The van der Waals surface area contributed by atoms with Gasteiger partial charge in [0.25, 0.3) is 0 Å². The second kappa shape index (κ2) is 5.69. The fourth-order valence-corrected chi connectivity index (χ4v) is 1.50. The maximum absolute atomic E-state index is 8.78. The number of rotatable bonds is 4. The molecule has 2 aromatic rings. The van der Waals surface area contributed by atoms with Gasteiger partial charge in [0.2, 0.25) is 0 Å². The molecule has 0 aliphatic rings. The van der Waals surface area contributed by atoms with E-state index in [0.29, 0.717) is 23.8 Å². The minimum Gasteiger partial charge on any atom is -0.365 e. The highest BCUT2D eigenvalue weighted by atomic mass is 15.0. The zero-order valence-corrected chi connectivity index (χ0v) is 10.4. The van der Waals surface area contributed by atoms with E-state index in [4.69, 9.17) is 10.7 Å². The van der Waals surface area contributed by atoms with Crippen LogP contribution in [0, 0.1) is 23.7 Å². The monoisotopic (exact) mass is 252 g/mol. The first kappa shape index (κ1) is 12.6. The van der Waals surface area contributed by atoms with E-state index in [2.05, 4.69) is 20.3 Å². The van der Waals surface area contributed by atoms with Gasteiger partial charge in [-0.15, -0.1) is 0 Å². The number of nitriles is 1. The third-order valence-electron chi connectivity index (χ3n) is 2.48. The first-order valence-electron chi connectivity index (χ1n) is 5.66. The Morgan fingerprint density at radius 1 is 1.37 bits per heavy atom. The molecular weight excluding hydrogens is 240 g/mol. The number of hydrogen-bond acceptors (Lipinski definition) is 6. The van der Waals surface area contributed by atoms with Gasteiger partial charge in [0, 0.05) is 30.7 Å². The highest BCUT2D eigenvalue weighted by Gasteiger charge is 2.07. The molecule has 0 saturated carbocycles. The molecule has 0 unspecified atom stereocenters. The molecule has 0 bridgehead atoms. The van der Waals surface area contributed by atoms with Gasteiger partial charge < -0.3 is 5.32 Å². The Labute approximate surface area is 110 Å². The molecule has 19 heavy (non-hydrogen) atoms. The largest absolute Gasteiger partial charge is 0.365 e. The van der Waals surface area contributed by atoms with Crippen molar-refractivity contribution in [2.75, 3.05) is 5.32 Å². The maximum Gasteiger partial charge on any atom is 0.143 e. The zero-order valence-electron chi connectivity index (χ0n) is 10.4. The number of nitrogens with one attached hydrogen (secondary N) is 2. The van der Waals surface area contributed by atoms with E-state index in [1.54, 1.807) is 36.8 Å². The molecule has 0 aliphatic carbocycles. The average Bonchev–Trinajstić information content (AvgIpc) is 2.46. The second-order valence-electron chi connectivity index (χ2n) is 3.88. The molecule has 2 N–H and O–H groups in total. The second-order valence-corrected chi connectivity index (χ2v) is 3.88. The molecule has 6 nitrogen and oxygen atoms in total. The van der Waals surface area contributed by atoms with Crippen LogP contribution in [-0.2, 0) is 6.54 Å². The topological polar surface area (TPSA) is 98.3 Å². The number of aromatic nitrogens is 3. The highest BCUT2D eigenvalue weighted by molar-refractivity contribution is 6.12. The van der Waals surface area contributed by atoms with Gasteiger partial charge in [0.1, 0.15) is 23.4 Å². The smallest absolute Gasteiger partial charge is 0.143 e. The molecule has 0 saturated heterocycles. The molecular formula is C13H12N6. The van der Waals surface area contributed by atoms with Crippen molar-refractivity contribution >= 4 is 11.5 Å². The summed E-state index contributed by atoms with van der Waals surface area (Å²) in [6.45, 7) is 2.31. The van der Waals surface area contributed by atoms with Crippen molar-refractivity contribution in [2.24, 2.45) is 0 Å². The van der Waals surface area contributed by atoms with Crippen molar-refractivity contribution in [3.63, 3.8) is 0 Å². The quantitative estimate of drug-likeness (QED) is 0.807. The highest BCUT2D eigenvalue weighted by Crippen LogP contribution is 2.13. The van der Waals surface area contributed by atoms with Crippen LogP contribution in [0.3, 0.4) is 0 Å². The lowest BCUT2D eigenvalue weighted by Gasteiger charge is -2.08. The average molecular weight is 252 g/mol. The molecule has 0 radical (unpaired) electrons. The molecule has 94 valence electrons. The summed E-state index contributed by atoms with van der Waals surface area (Å²) in [6.07, 6.45) is 5.07. The number of hydrogen-bond donors (Lipinski definition) is 2. The summed E-state index contributed by atoms with van der Waals surface area (Å²) in [4.78, 5) is 12.3. The Hall–Kier alpha value is -2.81. The van der Waals surface area contributed by atoms with Gasteiger partial charge in [-0.3, -0.25) is 5.41 Å². The van der Waals surface area contributed by atoms with Gasteiger partial charge in [-0.2, -0.15) is 5.26 Å². The van der Waals surface area contributed by atoms with E-state index in [9.17, 15) is 0 Å². The van der Waals surface area contributed by atoms with Crippen LogP contribution in [0.25, 0.3) is 0 Å². The van der Waals surface area contributed by atoms with Crippen LogP contribution in [-0.4, -0.2) is 20.7 Å². The third kappa shape index (κ3) is 3.10. The Kier molecular flexibility index (Phi) is 3.78. The Morgan fingerprint density at radius 2 is 2.11 bits per heavy atom. The molecule has 0 atom stereocenters. The lowest BCUT2D eigenvalue weighted by Crippen LogP contribution is -2.08. The summed E-state index contributed by atoms with van der Waals surface area (Å²) in [7, 11) is 0. The van der Waals surface area contributed by atoms with Gasteiger partial charge >= 0.3 is 0 Å². The molecule has 2 rings (SSSR count). The molecule has 0 amide bonds. The van der Waals surface area contributed by atoms with E-state index in [1.165, 1.54) is 0 Å². The summed E-state index contributed by atoms with van der Waals surface area (Å²) in [5.74, 6) is 1.23. The lowest BCUT2D eigenvalue weighted by molar-refractivity contribution is 0.988. The van der Waals surface area contributed by atoms with Crippen LogP contribution in [0.2, 0.25) is 0 Å². The van der Waals surface area contributed by atoms with Gasteiger partial charge in [0.15, 0.2) is 0 Å². The van der Waals surface area contributed by atoms with Gasteiger partial charge in [-0.1, -0.05) is 0 Å². The molecule has 2 heterocycles. The van der Waals surface area contributed by atoms with Crippen molar-refractivity contribution in [1.29, 1.82) is 10.7 Å². The van der Waals surface area contributed by atoms with Crippen LogP contribution in [0.5, 0.6) is 0 Å². The van der Waals surface area contributed by atoms with E-state index in [-0.39, 0.29) is 5.71 Å². The minimum atomic E-state index is -0.115. The van der Waals surface area contributed by atoms with Crippen LogP contribution in [0.4, 0.5) is 5.82 Å². The number of anilines is 1. The predicted molar refractivity (Wildman–Crippen MR) is 70.8 cm³/mol. The van der Waals surface area contributed by atoms with Crippen LogP contribution < -0.4 is 5.32 Å². The summed E-state index contributed by atoms with van der Waals surface area (Å²) in [5, 5.41) is 19.4. The van der Waals surface area contributed by atoms with Crippen LogP contribution >= 0.6 is 0 Å². The Morgan fingerprint density at radius 3 is 2.79 bits per heavy atom. The predicted octanol–water partition coefficient (Wildman–Crippen LogP) is 1.68. The standard InChI is InChI=1S/C13H12N6/c1-9-17-6-10(7-18-9)8-19-13-11(12(15)5-14)3-2-4-16-13/h2-4,6-7,15H,8H2,1H3,(H,16,19). The van der Waals surface area contributed by atoms with Crippen LogP contribution in [0.1, 0.15) is 17.0 Å². The Balaban J connectivity index is 2.14. The van der Waals surface area contributed by atoms with Crippen molar-refractivity contribution in [2.45, 2.75) is 13.5 Å². The molecule has 0 aliphatic heterocycles. The van der Waals surface area contributed by atoms with E-state index in [0.717, 1.165) is 5.56 Å². The lowest BCUT2D eigenvalue weighted by atomic mass is 10.1. The molecule has 0 aromatic carbocycles. The number of aryl methyl sites for hydroxylation is 1. The minimum absolute atomic E-state index is 0.115. The van der Waals surface area contributed by atoms with Crippen molar-refractivity contribution in [1.82, 2.24) is 15.0 Å². The number of pyridine rings is 1. The summed E-state index contributed by atoms with van der Waals surface area (Å²) in [6, 6.07) is 5.19. The fraction of sp³-hybridized carbons (Fsp3) is 0.154. The zero-order chi connectivity index (χ0) is 13.7. The van der Waals surface area contributed by atoms with Gasteiger partial charge in [0.05, 0.1) is 5.56 Å². The summed E-state index contributed by atoms with van der Waals surface area (Å²) < 4.78 is 0. The van der Waals surface area contributed by atoms with E-state index >= 15 is 0 Å². The fourth-order valence-electron chi connectivity index (χ4n) is 1.50. The molecule has 0 fully saturated rings. The summed E-state index contributed by atoms with van der Waals surface area (Å²) >= 11 is 0. The van der Waals surface area contributed by atoms with Gasteiger partial charge in [-0.05, 0) is 19.1 Å². The third-order valence-corrected chi connectivity index (χ3v) is 2.48. The summed E-state index contributed by atoms with van der Waals surface area (Å²) in [5.41, 5.74) is 1.28. The molecule has 6 heteroatoms. The number of nitrogens with zero attached hydrogens (tertiary/aromatic N) is 4. The van der Waals surface area contributed by atoms with E-state index in [1.807, 2.05) is 6.92 Å². The van der Waals surface area contributed by atoms with Crippen molar-refractivity contribution in [3.8, 4) is 6.07 Å². The maximum atomic E-state index is 8.78. The van der Waals surface area contributed by atoms with E-state index < -0.39 is 0 Å². The normalized spacial score (nSPS) is 9.68. The van der Waals surface area contributed by atoms with Crippen LogP contribution in [0.15, 0.2) is 30.7 Å². The SMILES string of the molecule is Cc1ncc(CNc2ncccc2C(=N)C#N)cn1. The first-order chi connectivity index (χ1) is 9.20. The van der Waals surface area contributed by atoms with Crippen molar-refractivity contribution in [3.05, 3.63) is 47.7 Å².